The van der Waals surface area contributed by atoms with Gasteiger partial charge in [-0.2, -0.15) is 0 Å². The number of aryl methyl sites for hydroxylation is 2. The molecule has 0 saturated carbocycles. The molecule has 1 fully saturated rings. The summed E-state index contributed by atoms with van der Waals surface area (Å²) in [5.74, 6) is 1.68. The van der Waals surface area contributed by atoms with E-state index in [2.05, 4.69) is 35.5 Å². The van der Waals surface area contributed by atoms with Crippen molar-refractivity contribution in [3.05, 3.63) is 58.6 Å². The predicted molar refractivity (Wildman–Crippen MR) is 163 cm³/mol. The zero-order valence-corrected chi connectivity index (χ0v) is 24.8. The first-order valence-corrected chi connectivity index (χ1v) is 14.2. The number of pyridine rings is 1. The fourth-order valence-corrected chi connectivity index (χ4v) is 5.32. The molecular weight excluding hydrogens is 528 g/mol. The van der Waals surface area contributed by atoms with Crippen LogP contribution in [0.4, 0.5) is 17.3 Å². The quantitative estimate of drug-likeness (QED) is 0.157. The molecule has 0 radical (unpaired) electrons. The highest BCUT2D eigenvalue weighted by molar-refractivity contribution is 6.33. The zero-order valence-electron chi connectivity index (χ0n) is 24.0. The average molecular weight is 569 g/mol. The largest absolute Gasteiger partial charge is 0.378 e. The van der Waals surface area contributed by atoms with E-state index in [1.165, 1.54) is 0 Å². The third kappa shape index (κ3) is 7.01. The molecular formula is C30H41ClN6O3. The van der Waals surface area contributed by atoms with Crippen molar-refractivity contribution in [2.75, 3.05) is 56.2 Å². The fourth-order valence-electron chi connectivity index (χ4n) is 5.05. The van der Waals surface area contributed by atoms with Crippen LogP contribution in [-0.2, 0) is 27.2 Å². The minimum Gasteiger partial charge on any atom is -0.378 e. The normalized spacial score (nSPS) is 14.4. The third-order valence-corrected chi connectivity index (χ3v) is 7.39. The Morgan fingerprint density at radius 1 is 1.25 bits per heavy atom. The smallest absolute Gasteiger partial charge is 0.219 e. The topological polar surface area (TPSA) is 90.4 Å². The first-order chi connectivity index (χ1) is 19.4. The van der Waals surface area contributed by atoms with E-state index in [0.29, 0.717) is 80.3 Å². The fraction of sp³-hybridized carbons (Fsp3) is 0.467. The minimum absolute atomic E-state index is 0.104. The van der Waals surface area contributed by atoms with Gasteiger partial charge < -0.3 is 19.9 Å². The molecule has 3 rings (SSSR count). The summed E-state index contributed by atoms with van der Waals surface area (Å²) in [4.78, 5) is 39.7. The highest BCUT2D eigenvalue weighted by atomic mass is 35.5. The lowest BCUT2D eigenvalue weighted by molar-refractivity contribution is -0.109. The maximum absolute atomic E-state index is 13.0. The van der Waals surface area contributed by atoms with Crippen LogP contribution >= 0.6 is 11.6 Å². The van der Waals surface area contributed by atoms with E-state index in [0.717, 1.165) is 36.1 Å². The number of carbonyl (C=O) groups excluding carboxylic acids is 2. The van der Waals surface area contributed by atoms with Gasteiger partial charge in [-0.15, -0.1) is 6.58 Å². The van der Waals surface area contributed by atoms with E-state index in [1.807, 2.05) is 37.3 Å². The van der Waals surface area contributed by atoms with Crippen LogP contribution in [0.25, 0.3) is 0 Å². The van der Waals surface area contributed by atoms with Crippen LogP contribution in [0.15, 0.2) is 41.9 Å². The molecule has 1 aromatic heterocycles. The van der Waals surface area contributed by atoms with Gasteiger partial charge in [0.05, 0.1) is 29.5 Å². The molecule has 1 aliphatic rings. The van der Waals surface area contributed by atoms with Crippen LogP contribution in [0, 0.1) is 0 Å². The number of amidine groups is 1. The molecule has 2 amide bonds. The SMILES string of the molecule is C=CCCN(/C(=N/C)c1cc(Cl)c(N2CCOCC2)nc1N(C=O)c1c(CC)cccc1CC)C(C)CNC=O. The van der Waals surface area contributed by atoms with Crippen molar-refractivity contribution in [3.8, 4) is 0 Å². The van der Waals surface area contributed by atoms with Gasteiger partial charge in [-0.25, -0.2) is 4.98 Å². The maximum Gasteiger partial charge on any atom is 0.219 e. The Morgan fingerprint density at radius 2 is 1.93 bits per heavy atom. The summed E-state index contributed by atoms with van der Waals surface area (Å²) in [6, 6.07) is 7.86. The van der Waals surface area contributed by atoms with E-state index >= 15 is 0 Å². The number of nitrogens with one attached hydrogen (secondary N) is 1. The van der Waals surface area contributed by atoms with E-state index in [1.54, 1.807) is 11.9 Å². The number of aromatic nitrogens is 1. The van der Waals surface area contributed by atoms with Crippen LogP contribution in [0.3, 0.4) is 0 Å². The molecule has 0 spiro atoms. The highest BCUT2D eigenvalue weighted by Gasteiger charge is 2.29. The number of carbonyl (C=O) groups is 2. The summed E-state index contributed by atoms with van der Waals surface area (Å²) in [7, 11) is 1.71. The summed E-state index contributed by atoms with van der Waals surface area (Å²) in [6.07, 6.45) is 5.56. The molecule has 1 atom stereocenters. The number of hydrogen-bond donors (Lipinski definition) is 1. The Balaban J connectivity index is 2.30. The molecule has 40 heavy (non-hydrogen) atoms. The van der Waals surface area contributed by atoms with Crippen LogP contribution in [0.5, 0.6) is 0 Å². The van der Waals surface area contributed by atoms with Crippen LogP contribution in [0.1, 0.15) is 43.9 Å². The number of ether oxygens (including phenoxy) is 1. The molecule has 9 nitrogen and oxygen atoms in total. The second-order valence-corrected chi connectivity index (χ2v) is 9.97. The van der Waals surface area contributed by atoms with Crippen molar-refractivity contribution in [2.24, 2.45) is 4.99 Å². The van der Waals surface area contributed by atoms with Gasteiger partial charge in [-0.3, -0.25) is 19.5 Å². The molecule has 1 unspecified atom stereocenters. The van der Waals surface area contributed by atoms with Gasteiger partial charge in [0.2, 0.25) is 12.8 Å². The molecule has 2 heterocycles. The standard InChI is InChI=1S/C30H41ClN6O3/c1-6-9-13-36(22(4)19-33-20-38)28(32-5)25-18-26(31)30(35-14-16-40-17-15-35)34-29(25)37(21-39)27-23(7-2)11-10-12-24(27)8-3/h6,10-12,18,20-22H,1,7-9,13-17,19H2,2-5H3,(H,33,38)/b32-28+. The number of morpholine rings is 1. The number of para-hydroxylation sites is 1. The van der Waals surface area contributed by atoms with Crippen LogP contribution < -0.4 is 15.1 Å². The van der Waals surface area contributed by atoms with Crippen molar-refractivity contribution >= 4 is 47.6 Å². The second kappa shape index (κ2) is 15.4. The van der Waals surface area contributed by atoms with Crippen molar-refractivity contribution in [3.63, 3.8) is 0 Å². The number of aliphatic imine (C=N–C) groups is 1. The zero-order chi connectivity index (χ0) is 29.1. The lowest BCUT2D eigenvalue weighted by atomic mass is 10.0. The molecule has 2 aromatic rings. The van der Waals surface area contributed by atoms with Crippen molar-refractivity contribution in [1.29, 1.82) is 0 Å². The Hall–Kier alpha value is -3.43. The minimum atomic E-state index is -0.104. The van der Waals surface area contributed by atoms with E-state index in [9.17, 15) is 9.59 Å². The Bertz CT molecular complexity index is 1180. The van der Waals surface area contributed by atoms with Crippen molar-refractivity contribution in [1.82, 2.24) is 15.2 Å². The molecule has 1 aliphatic heterocycles. The number of nitrogens with zero attached hydrogens (tertiary/aromatic N) is 5. The van der Waals surface area contributed by atoms with Gasteiger partial charge in [0.25, 0.3) is 0 Å². The lowest BCUT2D eigenvalue weighted by Crippen LogP contribution is -2.45. The van der Waals surface area contributed by atoms with E-state index in [-0.39, 0.29) is 6.04 Å². The average Bonchev–Trinajstić information content (AvgIpc) is 2.99. The van der Waals surface area contributed by atoms with Gasteiger partial charge in [-0.05, 0) is 43.4 Å². The van der Waals surface area contributed by atoms with Gasteiger partial charge in [0.1, 0.15) is 11.7 Å². The predicted octanol–water partition coefficient (Wildman–Crippen LogP) is 4.38. The molecule has 10 heteroatoms. The monoisotopic (exact) mass is 568 g/mol. The lowest BCUT2D eigenvalue weighted by Gasteiger charge is -2.35. The Labute approximate surface area is 242 Å². The van der Waals surface area contributed by atoms with E-state index < -0.39 is 0 Å². The van der Waals surface area contributed by atoms with Crippen molar-refractivity contribution < 1.29 is 14.3 Å². The first kappa shape index (κ1) is 31.1. The van der Waals surface area contributed by atoms with Gasteiger partial charge >= 0.3 is 0 Å². The van der Waals surface area contributed by atoms with Gasteiger partial charge in [0, 0.05) is 39.3 Å². The number of rotatable bonds is 14. The number of anilines is 3. The van der Waals surface area contributed by atoms with Crippen molar-refractivity contribution in [2.45, 2.75) is 46.1 Å². The summed E-state index contributed by atoms with van der Waals surface area (Å²) in [5, 5.41) is 3.24. The second-order valence-electron chi connectivity index (χ2n) is 9.56. The van der Waals surface area contributed by atoms with Gasteiger partial charge in [-0.1, -0.05) is 49.7 Å². The molecule has 1 aromatic carbocycles. The molecule has 216 valence electrons. The first-order valence-electron chi connectivity index (χ1n) is 13.9. The molecule has 0 bridgehead atoms. The number of halogens is 1. The van der Waals surface area contributed by atoms with E-state index in [4.69, 9.17) is 26.3 Å². The summed E-state index contributed by atoms with van der Waals surface area (Å²) < 4.78 is 5.55. The summed E-state index contributed by atoms with van der Waals surface area (Å²) >= 11 is 6.92. The number of amides is 2. The van der Waals surface area contributed by atoms with Gasteiger partial charge in [0.15, 0.2) is 5.82 Å². The Morgan fingerprint density at radius 3 is 2.48 bits per heavy atom. The number of benzene rings is 1. The summed E-state index contributed by atoms with van der Waals surface area (Å²) in [5.41, 5.74) is 3.55. The molecule has 1 saturated heterocycles. The summed E-state index contributed by atoms with van der Waals surface area (Å²) in [6.45, 7) is 13.5. The van der Waals surface area contributed by atoms with Crippen LogP contribution in [-0.4, -0.2) is 81.0 Å². The Kier molecular flexibility index (Phi) is 12.0. The molecule has 0 aliphatic carbocycles. The number of hydrogen-bond acceptors (Lipinski definition) is 6. The highest BCUT2D eigenvalue weighted by Crippen LogP contribution is 2.37. The van der Waals surface area contributed by atoms with Crippen LogP contribution in [0.2, 0.25) is 5.02 Å². The third-order valence-electron chi connectivity index (χ3n) is 7.11. The molecule has 1 N–H and O–H groups in total. The maximum atomic E-state index is 13.0.